The second kappa shape index (κ2) is 35.6. The lowest BCUT2D eigenvalue weighted by Gasteiger charge is -2.19. The number of rotatable bonds is 37. The Bertz CT molecular complexity index is 810. The van der Waals surface area contributed by atoms with Crippen LogP contribution in [0.2, 0.25) is 0 Å². The minimum Gasteiger partial charge on any atom is -0.462 e. The quantitative estimate of drug-likeness (QED) is 0.0280. The molecule has 0 aromatic heterocycles. The zero-order chi connectivity index (χ0) is 35.4. The number of ether oxygens (including phenoxy) is 2. The predicted molar refractivity (Wildman–Crippen MR) is 197 cm³/mol. The average molecular weight is 704 g/mol. The number of unbranched alkanes of at least 4 members (excludes halogenated alkanes) is 22. The Morgan fingerprint density at radius 2 is 1.02 bits per heavy atom. The fourth-order valence-corrected chi connectivity index (χ4v) is 6.22. The van der Waals surface area contributed by atoms with Gasteiger partial charge < -0.3 is 20.1 Å². The fraction of sp³-hybridized carbons (Fsp3) is 0.895. The second-order valence-corrected chi connectivity index (χ2v) is 14.6. The van der Waals surface area contributed by atoms with Crippen molar-refractivity contribution in [2.75, 3.05) is 26.4 Å². The van der Waals surface area contributed by atoms with Crippen molar-refractivity contribution in [3.05, 3.63) is 12.2 Å². The average Bonchev–Trinajstić information content (AvgIpc) is 3.07. The predicted octanol–water partition coefficient (Wildman–Crippen LogP) is 10.7. The summed E-state index contributed by atoms with van der Waals surface area (Å²) in [6.45, 7) is 3.71. The van der Waals surface area contributed by atoms with Gasteiger partial charge in [-0.25, -0.2) is 4.57 Å². The Morgan fingerprint density at radius 1 is 0.604 bits per heavy atom. The van der Waals surface area contributed by atoms with E-state index in [-0.39, 0.29) is 32.6 Å². The Hall–Kier alpha value is -1.25. The summed E-state index contributed by atoms with van der Waals surface area (Å²) in [6, 6.07) is 0. The highest BCUT2D eigenvalue weighted by Gasteiger charge is 2.25. The molecule has 0 heterocycles. The molecule has 0 aliphatic carbocycles. The van der Waals surface area contributed by atoms with Gasteiger partial charge in [-0.05, 0) is 38.5 Å². The third-order valence-corrected chi connectivity index (χ3v) is 9.39. The van der Waals surface area contributed by atoms with Crippen LogP contribution < -0.4 is 5.73 Å². The van der Waals surface area contributed by atoms with Crippen LogP contribution in [0.15, 0.2) is 12.2 Å². The molecule has 0 aromatic carbocycles. The molecule has 0 saturated heterocycles. The minimum atomic E-state index is -4.37. The Balaban J connectivity index is 4.20. The van der Waals surface area contributed by atoms with Gasteiger partial charge in [0.2, 0.25) is 0 Å². The van der Waals surface area contributed by atoms with E-state index in [1.54, 1.807) is 0 Å². The normalized spacial score (nSPS) is 13.5. The summed E-state index contributed by atoms with van der Waals surface area (Å²) in [5.41, 5.74) is 5.33. The van der Waals surface area contributed by atoms with E-state index in [1.807, 2.05) is 0 Å². The van der Waals surface area contributed by atoms with Gasteiger partial charge in [-0.1, -0.05) is 148 Å². The van der Waals surface area contributed by atoms with Crippen LogP contribution in [-0.4, -0.2) is 49.3 Å². The van der Waals surface area contributed by atoms with Crippen molar-refractivity contribution in [1.29, 1.82) is 0 Å². The van der Waals surface area contributed by atoms with Crippen molar-refractivity contribution < 1.29 is 37.6 Å². The molecular weight excluding hydrogens is 629 g/mol. The lowest BCUT2D eigenvalue weighted by molar-refractivity contribution is -0.161. The molecule has 0 amide bonds. The highest BCUT2D eigenvalue weighted by Crippen LogP contribution is 2.43. The topological polar surface area (TPSA) is 134 Å². The number of hydrogen-bond donors (Lipinski definition) is 2. The molecule has 2 atom stereocenters. The van der Waals surface area contributed by atoms with Gasteiger partial charge >= 0.3 is 19.8 Å². The molecule has 284 valence electrons. The van der Waals surface area contributed by atoms with Crippen LogP contribution >= 0.6 is 7.82 Å². The lowest BCUT2D eigenvalue weighted by Crippen LogP contribution is -2.29. The molecule has 0 rings (SSSR count). The SMILES string of the molecule is CCCCCCCCCC/C=C/CCCCCC(=O)OC[C@H](COP(=O)(O)OCCN)OC(=O)CCCCCCCCCCCCCC. The molecule has 0 fully saturated rings. The zero-order valence-electron chi connectivity index (χ0n) is 31.0. The van der Waals surface area contributed by atoms with Crippen molar-refractivity contribution in [3.8, 4) is 0 Å². The summed E-state index contributed by atoms with van der Waals surface area (Å²) in [5.74, 6) is -0.841. The number of carbonyl (C=O) groups is 2. The van der Waals surface area contributed by atoms with Gasteiger partial charge in [0.25, 0.3) is 0 Å². The largest absolute Gasteiger partial charge is 0.472 e. The van der Waals surface area contributed by atoms with Crippen LogP contribution in [-0.2, 0) is 32.7 Å². The summed E-state index contributed by atoms with van der Waals surface area (Å²) in [4.78, 5) is 34.7. The molecule has 9 nitrogen and oxygen atoms in total. The van der Waals surface area contributed by atoms with Crippen LogP contribution in [0.3, 0.4) is 0 Å². The first-order valence-electron chi connectivity index (χ1n) is 19.7. The maximum absolute atomic E-state index is 12.5. The second-order valence-electron chi connectivity index (χ2n) is 13.2. The van der Waals surface area contributed by atoms with Gasteiger partial charge in [0.05, 0.1) is 13.2 Å². The monoisotopic (exact) mass is 704 g/mol. The number of esters is 2. The molecule has 0 aromatic rings. The van der Waals surface area contributed by atoms with E-state index in [0.717, 1.165) is 38.5 Å². The fourth-order valence-electron chi connectivity index (χ4n) is 5.45. The maximum atomic E-state index is 12.5. The third-order valence-electron chi connectivity index (χ3n) is 8.40. The van der Waals surface area contributed by atoms with Crippen LogP contribution in [0.4, 0.5) is 0 Å². The lowest BCUT2D eigenvalue weighted by atomic mass is 10.0. The van der Waals surface area contributed by atoms with Gasteiger partial charge in [0, 0.05) is 19.4 Å². The number of allylic oxidation sites excluding steroid dienone is 2. The van der Waals surface area contributed by atoms with Gasteiger partial charge in [-0.3, -0.25) is 18.6 Å². The van der Waals surface area contributed by atoms with Crippen LogP contribution in [0, 0.1) is 0 Å². The number of carbonyl (C=O) groups excluding carboxylic acids is 2. The van der Waals surface area contributed by atoms with E-state index >= 15 is 0 Å². The Morgan fingerprint density at radius 3 is 1.50 bits per heavy atom. The minimum absolute atomic E-state index is 0.0541. The molecule has 48 heavy (non-hydrogen) atoms. The van der Waals surface area contributed by atoms with Crippen LogP contribution in [0.25, 0.3) is 0 Å². The van der Waals surface area contributed by atoms with Crippen LogP contribution in [0.5, 0.6) is 0 Å². The molecule has 0 aliphatic rings. The number of phosphoric acid groups is 1. The van der Waals surface area contributed by atoms with Gasteiger partial charge in [0.1, 0.15) is 6.61 Å². The summed E-state index contributed by atoms with van der Waals surface area (Å²) in [6.07, 6.45) is 33.8. The van der Waals surface area contributed by atoms with Crippen molar-refractivity contribution in [2.45, 2.75) is 193 Å². The van der Waals surface area contributed by atoms with E-state index in [2.05, 4.69) is 26.0 Å². The maximum Gasteiger partial charge on any atom is 0.472 e. The highest BCUT2D eigenvalue weighted by molar-refractivity contribution is 7.47. The Kier molecular flexibility index (Phi) is 34.6. The van der Waals surface area contributed by atoms with Crippen molar-refractivity contribution in [2.24, 2.45) is 5.73 Å². The van der Waals surface area contributed by atoms with E-state index in [4.69, 9.17) is 24.3 Å². The highest BCUT2D eigenvalue weighted by atomic mass is 31.2. The van der Waals surface area contributed by atoms with E-state index in [0.29, 0.717) is 12.8 Å². The first-order valence-corrected chi connectivity index (χ1v) is 21.2. The Labute approximate surface area is 294 Å². The van der Waals surface area contributed by atoms with Crippen molar-refractivity contribution in [3.63, 3.8) is 0 Å². The molecule has 0 radical (unpaired) electrons. The molecule has 1 unspecified atom stereocenters. The third kappa shape index (κ3) is 34.6. The molecule has 3 N–H and O–H groups in total. The summed E-state index contributed by atoms with van der Waals surface area (Å²) < 4.78 is 32.6. The number of hydrogen-bond acceptors (Lipinski definition) is 8. The summed E-state index contributed by atoms with van der Waals surface area (Å²) in [5, 5.41) is 0. The van der Waals surface area contributed by atoms with Crippen LogP contribution in [0.1, 0.15) is 187 Å². The van der Waals surface area contributed by atoms with Crippen molar-refractivity contribution >= 4 is 19.8 Å². The first-order chi connectivity index (χ1) is 23.3. The van der Waals surface area contributed by atoms with E-state index < -0.39 is 32.5 Å². The molecule has 10 heteroatoms. The molecular formula is C38H74NO8P. The van der Waals surface area contributed by atoms with Gasteiger partial charge in [-0.15, -0.1) is 0 Å². The molecule has 0 saturated carbocycles. The smallest absolute Gasteiger partial charge is 0.462 e. The molecule has 0 spiro atoms. The van der Waals surface area contributed by atoms with Gasteiger partial charge in [-0.2, -0.15) is 0 Å². The number of phosphoric ester groups is 1. The number of nitrogens with two attached hydrogens (primary N) is 1. The molecule has 0 aliphatic heterocycles. The van der Waals surface area contributed by atoms with E-state index in [9.17, 15) is 19.0 Å². The van der Waals surface area contributed by atoms with Gasteiger partial charge in [0.15, 0.2) is 6.10 Å². The first kappa shape index (κ1) is 46.8. The van der Waals surface area contributed by atoms with Crippen molar-refractivity contribution in [1.82, 2.24) is 0 Å². The zero-order valence-corrected chi connectivity index (χ0v) is 31.9. The summed E-state index contributed by atoms with van der Waals surface area (Å²) in [7, 11) is -4.37. The standard InChI is InChI=1S/C38H74NO8P/c1-3-5-7-9-11-13-15-17-18-19-21-22-24-26-28-30-37(40)44-34-36(35-46-48(42,43)45-33-32-39)47-38(41)31-29-27-25-23-20-16-14-12-10-8-6-4-2/h19,21,36H,3-18,20,22-35,39H2,1-2H3,(H,42,43)/b21-19+/t36-/m1/s1. The summed E-state index contributed by atoms with van der Waals surface area (Å²) >= 11 is 0. The van der Waals surface area contributed by atoms with E-state index in [1.165, 1.54) is 109 Å². The molecule has 0 bridgehead atoms.